The Labute approximate surface area is 122 Å². The third-order valence-corrected chi connectivity index (χ3v) is 4.33. The van der Waals surface area contributed by atoms with Crippen LogP contribution in [0, 0.1) is 5.82 Å². The first-order valence-corrected chi connectivity index (χ1v) is 7.69. The number of hydrogen-bond acceptors (Lipinski definition) is 5. The first-order chi connectivity index (χ1) is 9.44. The van der Waals surface area contributed by atoms with E-state index in [0.29, 0.717) is 10.2 Å². The highest BCUT2D eigenvalue weighted by atomic mass is 79.9. The molecule has 0 aliphatic heterocycles. The van der Waals surface area contributed by atoms with Crippen molar-refractivity contribution in [2.45, 2.75) is 18.0 Å². The molecule has 0 atom stereocenters. The molecule has 6 nitrogen and oxygen atoms in total. The van der Waals surface area contributed by atoms with Gasteiger partial charge in [0.2, 0.25) is 10.0 Å². The summed E-state index contributed by atoms with van der Waals surface area (Å²) in [5.41, 5.74) is -0.112. The van der Waals surface area contributed by atoms with Crippen molar-refractivity contribution in [3.05, 3.63) is 46.0 Å². The van der Waals surface area contributed by atoms with Crippen LogP contribution in [0.4, 0.5) is 4.39 Å². The number of aromatic nitrogens is 1. The Bertz CT molecular complexity index is 703. The van der Waals surface area contributed by atoms with Crippen LogP contribution in [0.25, 0.3) is 0 Å². The summed E-state index contributed by atoms with van der Waals surface area (Å²) in [6.07, 6.45) is 1.37. The second kappa shape index (κ2) is 6.00. The zero-order valence-corrected chi connectivity index (χ0v) is 12.4. The van der Waals surface area contributed by atoms with Gasteiger partial charge in [-0.05, 0) is 12.1 Å². The fourth-order valence-corrected chi connectivity index (χ4v) is 3.30. The molecular formula is C11H10BrFN2O4S. The molecule has 0 bridgehead atoms. The van der Waals surface area contributed by atoms with Gasteiger partial charge in [0.15, 0.2) is 5.76 Å². The van der Waals surface area contributed by atoms with Gasteiger partial charge in [0.25, 0.3) is 0 Å². The van der Waals surface area contributed by atoms with E-state index in [0.717, 1.165) is 6.07 Å². The van der Waals surface area contributed by atoms with Crippen molar-refractivity contribution < 1.29 is 22.4 Å². The third-order valence-electron chi connectivity index (χ3n) is 2.47. The monoisotopic (exact) mass is 364 g/mol. The van der Waals surface area contributed by atoms with Gasteiger partial charge in [-0.1, -0.05) is 21.1 Å². The standard InChI is InChI=1S/C11H10BrFN2O4S/c12-8-3-7(6-16)11(13)10(4-8)20(17,18)15-5-9-1-2-14-19-9/h1-4,15-16H,5-6H2. The first kappa shape index (κ1) is 15.1. The molecule has 108 valence electrons. The zero-order chi connectivity index (χ0) is 14.8. The number of benzene rings is 1. The maximum absolute atomic E-state index is 14.0. The van der Waals surface area contributed by atoms with Crippen LogP contribution in [-0.4, -0.2) is 18.7 Å². The van der Waals surface area contributed by atoms with Crippen molar-refractivity contribution in [3.63, 3.8) is 0 Å². The average Bonchev–Trinajstić information content (AvgIpc) is 2.92. The predicted molar refractivity (Wildman–Crippen MR) is 70.6 cm³/mol. The van der Waals surface area contributed by atoms with Crippen LogP contribution in [0.2, 0.25) is 0 Å². The smallest absolute Gasteiger partial charge is 0.243 e. The highest BCUT2D eigenvalue weighted by Gasteiger charge is 2.22. The second-order valence-corrected chi connectivity index (χ2v) is 6.49. The van der Waals surface area contributed by atoms with E-state index in [1.807, 2.05) is 0 Å². The maximum atomic E-state index is 14.0. The molecule has 0 radical (unpaired) electrons. The lowest BCUT2D eigenvalue weighted by Crippen LogP contribution is -2.24. The maximum Gasteiger partial charge on any atom is 0.243 e. The Kier molecular flexibility index (Phi) is 4.53. The van der Waals surface area contributed by atoms with Gasteiger partial charge >= 0.3 is 0 Å². The zero-order valence-electron chi connectivity index (χ0n) is 10.0. The van der Waals surface area contributed by atoms with E-state index in [4.69, 9.17) is 9.63 Å². The number of aliphatic hydroxyl groups excluding tert-OH is 1. The molecule has 1 heterocycles. The first-order valence-electron chi connectivity index (χ1n) is 5.42. The summed E-state index contributed by atoms with van der Waals surface area (Å²) in [4.78, 5) is -0.546. The molecule has 0 fully saturated rings. The molecule has 9 heteroatoms. The third kappa shape index (κ3) is 3.23. The fourth-order valence-electron chi connectivity index (χ4n) is 1.51. The number of aliphatic hydroxyl groups is 1. The molecule has 2 aromatic rings. The summed E-state index contributed by atoms with van der Waals surface area (Å²) < 4.78 is 45.4. The molecule has 0 spiro atoms. The summed E-state index contributed by atoms with van der Waals surface area (Å²) in [6, 6.07) is 3.92. The van der Waals surface area contributed by atoms with Gasteiger partial charge in [-0.15, -0.1) is 0 Å². The predicted octanol–water partition coefficient (Wildman–Crippen LogP) is 1.55. The molecule has 2 N–H and O–H groups in total. The largest absolute Gasteiger partial charge is 0.392 e. The summed E-state index contributed by atoms with van der Waals surface area (Å²) in [6.45, 7) is -0.751. The van der Waals surface area contributed by atoms with Gasteiger partial charge in [-0.3, -0.25) is 0 Å². The highest BCUT2D eigenvalue weighted by molar-refractivity contribution is 9.10. The SMILES string of the molecule is O=S(=O)(NCc1ccno1)c1cc(Br)cc(CO)c1F. The number of sulfonamides is 1. The van der Waals surface area contributed by atoms with Crippen molar-refractivity contribution in [3.8, 4) is 0 Å². The summed E-state index contributed by atoms with van der Waals surface area (Å²) in [7, 11) is -4.08. The molecule has 0 saturated heterocycles. The van der Waals surface area contributed by atoms with Crippen molar-refractivity contribution in [1.29, 1.82) is 0 Å². The molecule has 0 amide bonds. The Hall–Kier alpha value is -1.29. The van der Waals surface area contributed by atoms with Crippen molar-refractivity contribution in [1.82, 2.24) is 9.88 Å². The molecule has 20 heavy (non-hydrogen) atoms. The van der Waals surface area contributed by atoms with Gasteiger partial charge in [0.1, 0.15) is 10.7 Å². The summed E-state index contributed by atoms with van der Waals surface area (Å²) >= 11 is 3.07. The molecule has 0 saturated carbocycles. The molecule has 1 aromatic heterocycles. The number of rotatable bonds is 5. The average molecular weight is 365 g/mol. The van der Waals surface area contributed by atoms with E-state index in [9.17, 15) is 12.8 Å². The van der Waals surface area contributed by atoms with Gasteiger partial charge < -0.3 is 9.63 Å². The molecule has 1 aromatic carbocycles. The lowest BCUT2D eigenvalue weighted by Gasteiger charge is -2.09. The number of hydrogen-bond donors (Lipinski definition) is 2. The van der Waals surface area contributed by atoms with Crippen molar-refractivity contribution >= 4 is 26.0 Å². The van der Waals surface area contributed by atoms with Gasteiger partial charge in [0, 0.05) is 16.1 Å². The van der Waals surface area contributed by atoms with Crippen LogP contribution < -0.4 is 4.72 Å². The van der Waals surface area contributed by atoms with E-state index >= 15 is 0 Å². The normalized spacial score (nSPS) is 11.8. The highest BCUT2D eigenvalue weighted by Crippen LogP contribution is 2.24. The minimum Gasteiger partial charge on any atom is -0.392 e. The van der Waals surface area contributed by atoms with Crippen LogP contribution in [-0.2, 0) is 23.2 Å². The van der Waals surface area contributed by atoms with Gasteiger partial charge in [0.05, 0.1) is 19.3 Å². The second-order valence-electron chi connectivity index (χ2n) is 3.84. The Morgan fingerprint density at radius 2 is 2.20 bits per heavy atom. The van der Waals surface area contributed by atoms with Crippen LogP contribution in [0.1, 0.15) is 11.3 Å². The van der Waals surface area contributed by atoms with Crippen LogP contribution in [0.3, 0.4) is 0 Å². The van der Waals surface area contributed by atoms with Crippen LogP contribution in [0.5, 0.6) is 0 Å². The Morgan fingerprint density at radius 1 is 1.45 bits per heavy atom. The quantitative estimate of drug-likeness (QED) is 0.839. The number of halogens is 2. The fraction of sp³-hybridized carbons (Fsp3) is 0.182. The van der Waals surface area contributed by atoms with E-state index in [-0.39, 0.29) is 12.1 Å². The summed E-state index contributed by atoms with van der Waals surface area (Å²) in [5, 5.41) is 12.4. The van der Waals surface area contributed by atoms with Gasteiger partial charge in [-0.25, -0.2) is 17.5 Å². The van der Waals surface area contributed by atoms with Gasteiger partial charge in [-0.2, -0.15) is 0 Å². The topological polar surface area (TPSA) is 92.4 Å². The Balaban J connectivity index is 2.31. The molecular weight excluding hydrogens is 355 g/mol. The van der Waals surface area contributed by atoms with Crippen molar-refractivity contribution in [2.75, 3.05) is 0 Å². The minimum atomic E-state index is -4.08. The van der Waals surface area contributed by atoms with E-state index < -0.39 is 27.3 Å². The van der Waals surface area contributed by atoms with Crippen LogP contribution in [0.15, 0.2) is 38.3 Å². The van der Waals surface area contributed by atoms with E-state index in [1.165, 1.54) is 18.3 Å². The van der Waals surface area contributed by atoms with E-state index in [2.05, 4.69) is 25.8 Å². The molecule has 0 unspecified atom stereocenters. The molecule has 0 aliphatic carbocycles. The number of nitrogens with zero attached hydrogens (tertiary/aromatic N) is 1. The molecule has 2 rings (SSSR count). The number of nitrogens with one attached hydrogen (secondary N) is 1. The minimum absolute atomic E-state index is 0.112. The Morgan fingerprint density at radius 3 is 2.80 bits per heavy atom. The lowest BCUT2D eigenvalue weighted by molar-refractivity contribution is 0.274. The molecule has 0 aliphatic rings. The van der Waals surface area contributed by atoms with Crippen molar-refractivity contribution in [2.24, 2.45) is 0 Å². The summed E-state index contributed by atoms with van der Waals surface area (Å²) in [5.74, 6) is -0.688. The van der Waals surface area contributed by atoms with Crippen LogP contribution >= 0.6 is 15.9 Å². The lowest BCUT2D eigenvalue weighted by atomic mass is 10.2. The van der Waals surface area contributed by atoms with E-state index in [1.54, 1.807) is 0 Å².